The van der Waals surface area contributed by atoms with Crippen LogP contribution in [-0.4, -0.2) is 31.3 Å². The summed E-state index contributed by atoms with van der Waals surface area (Å²) in [6, 6.07) is 6.59. The molecule has 124 valence electrons. The molecule has 0 bridgehead atoms. The monoisotopic (exact) mass is 335 g/mol. The van der Waals surface area contributed by atoms with Crippen LogP contribution < -0.4 is 5.32 Å². The van der Waals surface area contributed by atoms with Gasteiger partial charge >= 0.3 is 0 Å². The zero-order valence-electron chi connectivity index (χ0n) is 13.3. The molecule has 0 amide bonds. The molecule has 1 aromatic heterocycles. The molecule has 23 heavy (non-hydrogen) atoms. The first-order valence-electron chi connectivity index (χ1n) is 7.32. The van der Waals surface area contributed by atoms with E-state index in [1.165, 1.54) is 11.4 Å². The molecule has 6 nitrogen and oxygen atoms in total. The van der Waals surface area contributed by atoms with Crippen LogP contribution >= 0.6 is 0 Å². The molecule has 0 aliphatic heterocycles. The Balaban J connectivity index is 2.03. The molecule has 0 radical (unpaired) electrons. The molecule has 2 aromatic rings. The standard InChI is InChI=1S/C16H21N3O3S/c1-4-10-19(3)23(20,21)15-8-6-13(7-9-15)17-12-16-18-11-14(5-2)22-16/h4,6-9,11,17H,1,5,10,12H2,2-3H3. The number of sulfonamides is 1. The molecule has 1 N–H and O–H groups in total. The number of likely N-dealkylation sites (N-methyl/N-ethyl adjacent to an activating group) is 1. The number of rotatable bonds is 8. The predicted octanol–water partition coefficient (Wildman–Crippen LogP) is 2.66. The van der Waals surface area contributed by atoms with Gasteiger partial charge in [-0.1, -0.05) is 13.0 Å². The van der Waals surface area contributed by atoms with Gasteiger partial charge in [-0.2, -0.15) is 4.31 Å². The first-order valence-corrected chi connectivity index (χ1v) is 8.76. The van der Waals surface area contributed by atoms with Gasteiger partial charge in [0.05, 0.1) is 17.6 Å². The Hall–Kier alpha value is -2.12. The lowest BCUT2D eigenvalue weighted by Gasteiger charge is -2.15. The number of aryl methyl sites for hydroxylation is 1. The highest BCUT2D eigenvalue weighted by Crippen LogP contribution is 2.18. The van der Waals surface area contributed by atoms with Crippen LogP contribution in [0.3, 0.4) is 0 Å². The third-order valence-corrected chi connectivity index (χ3v) is 5.18. The lowest BCUT2D eigenvalue weighted by Crippen LogP contribution is -2.26. The van der Waals surface area contributed by atoms with Crippen molar-refractivity contribution in [2.45, 2.75) is 24.8 Å². The summed E-state index contributed by atoms with van der Waals surface area (Å²) in [5, 5.41) is 3.15. The average molecular weight is 335 g/mol. The summed E-state index contributed by atoms with van der Waals surface area (Å²) in [6.07, 6.45) is 4.06. The second-order valence-electron chi connectivity index (χ2n) is 5.03. The fourth-order valence-electron chi connectivity index (χ4n) is 1.98. The van der Waals surface area contributed by atoms with E-state index in [0.717, 1.165) is 17.9 Å². The lowest BCUT2D eigenvalue weighted by molar-refractivity contribution is 0.466. The van der Waals surface area contributed by atoms with Crippen molar-refractivity contribution in [3.8, 4) is 0 Å². The maximum absolute atomic E-state index is 12.3. The van der Waals surface area contributed by atoms with Crippen LogP contribution in [0.2, 0.25) is 0 Å². The van der Waals surface area contributed by atoms with Crippen molar-refractivity contribution in [3.05, 3.63) is 54.8 Å². The second-order valence-corrected chi connectivity index (χ2v) is 7.07. The van der Waals surface area contributed by atoms with Crippen molar-refractivity contribution in [2.75, 3.05) is 18.9 Å². The van der Waals surface area contributed by atoms with E-state index in [4.69, 9.17) is 4.42 Å². The largest absolute Gasteiger partial charge is 0.444 e. The molecule has 0 saturated heterocycles. The van der Waals surface area contributed by atoms with E-state index in [2.05, 4.69) is 16.9 Å². The van der Waals surface area contributed by atoms with E-state index < -0.39 is 10.0 Å². The molecule has 0 saturated carbocycles. The molecule has 0 fully saturated rings. The minimum absolute atomic E-state index is 0.247. The van der Waals surface area contributed by atoms with Crippen molar-refractivity contribution in [2.24, 2.45) is 0 Å². The Morgan fingerprint density at radius 1 is 1.35 bits per heavy atom. The summed E-state index contributed by atoms with van der Waals surface area (Å²) in [5.74, 6) is 1.44. The van der Waals surface area contributed by atoms with Gasteiger partial charge < -0.3 is 9.73 Å². The minimum Gasteiger partial charge on any atom is -0.444 e. The molecular weight excluding hydrogens is 314 g/mol. The molecule has 1 heterocycles. The van der Waals surface area contributed by atoms with Crippen LogP contribution in [0.25, 0.3) is 0 Å². The molecule has 0 spiro atoms. The van der Waals surface area contributed by atoms with Gasteiger partial charge in [0.15, 0.2) is 0 Å². The summed E-state index contributed by atoms with van der Waals surface area (Å²) in [7, 11) is -1.96. The first kappa shape index (κ1) is 17.2. The lowest BCUT2D eigenvalue weighted by atomic mass is 10.3. The summed E-state index contributed by atoms with van der Waals surface area (Å²) in [5.41, 5.74) is 0.798. The summed E-state index contributed by atoms with van der Waals surface area (Å²) >= 11 is 0. The van der Waals surface area contributed by atoms with E-state index in [9.17, 15) is 8.42 Å². The van der Waals surface area contributed by atoms with E-state index in [0.29, 0.717) is 12.4 Å². The maximum atomic E-state index is 12.3. The first-order chi connectivity index (χ1) is 11.0. The number of hydrogen-bond donors (Lipinski definition) is 1. The molecule has 0 aliphatic rings. The van der Waals surface area contributed by atoms with Crippen LogP contribution in [0.1, 0.15) is 18.6 Å². The molecular formula is C16H21N3O3S. The van der Waals surface area contributed by atoms with Crippen LogP contribution in [0, 0.1) is 0 Å². The SMILES string of the molecule is C=CCN(C)S(=O)(=O)c1ccc(NCc2ncc(CC)o2)cc1. The van der Waals surface area contributed by atoms with E-state index in [1.807, 2.05) is 6.92 Å². The number of hydrogen-bond acceptors (Lipinski definition) is 5. The maximum Gasteiger partial charge on any atom is 0.243 e. The number of oxazole rings is 1. The Labute approximate surface area is 136 Å². The third kappa shape index (κ3) is 4.20. The quantitative estimate of drug-likeness (QED) is 0.751. The topological polar surface area (TPSA) is 75.4 Å². The van der Waals surface area contributed by atoms with Gasteiger partial charge in [-0.3, -0.25) is 0 Å². The summed E-state index contributed by atoms with van der Waals surface area (Å²) < 4.78 is 31.3. The fourth-order valence-corrected chi connectivity index (χ4v) is 3.12. The summed E-state index contributed by atoms with van der Waals surface area (Å²) in [4.78, 5) is 4.41. The number of nitrogens with zero attached hydrogens (tertiary/aromatic N) is 2. The predicted molar refractivity (Wildman–Crippen MR) is 89.7 cm³/mol. The third-order valence-electron chi connectivity index (χ3n) is 3.34. The molecule has 0 unspecified atom stereocenters. The fraction of sp³-hybridized carbons (Fsp3) is 0.312. The van der Waals surface area contributed by atoms with Crippen molar-refractivity contribution in [3.63, 3.8) is 0 Å². The highest BCUT2D eigenvalue weighted by atomic mass is 32.2. The Morgan fingerprint density at radius 2 is 2.04 bits per heavy atom. The minimum atomic E-state index is -3.48. The number of anilines is 1. The van der Waals surface area contributed by atoms with Crippen molar-refractivity contribution in [1.29, 1.82) is 0 Å². The van der Waals surface area contributed by atoms with Crippen molar-refractivity contribution < 1.29 is 12.8 Å². The van der Waals surface area contributed by atoms with Crippen LogP contribution in [0.15, 0.2) is 52.4 Å². The van der Waals surface area contributed by atoms with Gasteiger partial charge in [0.25, 0.3) is 0 Å². The van der Waals surface area contributed by atoms with E-state index >= 15 is 0 Å². The molecule has 0 atom stereocenters. The second kappa shape index (κ2) is 7.43. The normalized spacial score (nSPS) is 11.6. The van der Waals surface area contributed by atoms with E-state index in [1.54, 1.807) is 36.5 Å². The summed E-state index contributed by atoms with van der Waals surface area (Å²) in [6.45, 7) is 6.27. The van der Waals surface area contributed by atoms with Gasteiger partial charge in [-0.15, -0.1) is 6.58 Å². The van der Waals surface area contributed by atoms with Gasteiger partial charge in [-0.05, 0) is 24.3 Å². The van der Waals surface area contributed by atoms with Gasteiger partial charge in [0.1, 0.15) is 5.76 Å². The van der Waals surface area contributed by atoms with Gasteiger partial charge in [0.2, 0.25) is 15.9 Å². The molecule has 2 rings (SSSR count). The number of nitrogens with one attached hydrogen (secondary N) is 1. The average Bonchev–Trinajstić information content (AvgIpc) is 3.01. The van der Waals surface area contributed by atoms with E-state index in [-0.39, 0.29) is 11.4 Å². The van der Waals surface area contributed by atoms with Crippen LogP contribution in [-0.2, 0) is 23.0 Å². The molecule has 7 heteroatoms. The highest BCUT2D eigenvalue weighted by Gasteiger charge is 2.19. The Morgan fingerprint density at radius 3 is 2.61 bits per heavy atom. The van der Waals surface area contributed by atoms with Crippen molar-refractivity contribution in [1.82, 2.24) is 9.29 Å². The molecule has 0 aliphatic carbocycles. The zero-order valence-corrected chi connectivity index (χ0v) is 14.1. The Bertz CT molecular complexity index is 751. The number of aromatic nitrogens is 1. The van der Waals surface area contributed by atoms with Crippen molar-refractivity contribution >= 4 is 15.7 Å². The smallest absolute Gasteiger partial charge is 0.243 e. The Kier molecular flexibility index (Phi) is 5.57. The van der Waals surface area contributed by atoms with Gasteiger partial charge in [-0.25, -0.2) is 13.4 Å². The van der Waals surface area contributed by atoms with Crippen LogP contribution in [0.4, 0.5) is 5.69 Å². The number of benzene rings is 1. The van der Waals surface area contributed by atoms with Gasteiger partial charge in [0, 0.05) is 25.7 Å². The zero-order chi connectivity index (χ0) is 16.9. The van der Waals surface area contributed by atoms with Crippen LogP contribution in [0.5, 0.6) is 0 Å². The molecule has 1 aromatic carbocycles. The highest BCUT2D eigenvalue weighted by molar-refractivity contribution is 7.89.